The quantitative estimate of drug-likeness (QED) is 0.853. The smallest absolute Gasteiger partial charge is 0.292 e. The first-order valence-corrected chi connectivity index (χ1v) is 8.28. The molecule has 2 amide bonds. The molecule has 24 heavy (non-hydrogen) atoms. The number of benzene rings is 1. The van der Waals surface area contributed by atoms with Gasteiger partial charge < -0.3 is 19.7 Å². The number of piperidine rings is 1. The van der Waals surface area contributed by atoms with Gasteiger partial charge in [0, 0.05) is 18.8 Å². The van der Waals surface area contributed by atoms with E-state index < -0.39 is 5.41 Å². The molecule has 6 nitrogen and oxygen atoms in total. The fraction of sp³-hybridized carbons (Fsp3) is 0.444. The Labute approximate surface area is 140 Å². The molecule has 0 saturated carbocycles. The van der Waals surface area contributed by atoms with Gasteiger partial charge in [-0.2, -0.15) is 0 Å². The molecule has 1 N–H and O–H groups in total. The number of rotatable bonds is 1. The first-order chi connectivity index (χ1) is 11.6. The SMILES string of the molecule is CC1=C(C(=O)N2CCCC3(C2)C(=O)Nc2ccccc23)OCCO1. The fourth-order valence-corrected chi connectivity index (χ4v) is 3.87. The molecule has 3 heterocycles. The molecule has 1 unspecified atom stereocenters. The topological polar surface area (TPSA) is 67.9 Å². The molecule has 1 saturated heterocycles. The van der Waals surface area contributed by atoms with Gasteiger partial charge in [-0.25, -0.2) is 0 Å². The van der Waals surface area contributed by atoms with Crippen LogP contribution in [-0.2, 0) is 24.5 Å². The highest BCUT2D eigenvalue weighted by molar-refractivity contribution is 6.07. The summed E-state index contributed by atoms with van der Waals surface area (Å²) in [4.78, 5) is 27.3. The minimum absolute atomic E-state index is 0.0206. The van der Waals surface area contributed by atoms with Crippen molar-refractivity contribution in [3.05, 3.63) is 41.3 Å². The number of nitrogens with one attached hydrogen (secondary N) is 1. The number of ether oxygens (including phenoxy) is 2. The van der Waals surface area contributed by atoms with E-state index in [1.807, 2.05) is 24.3 Å². The van der Waals surface area contributed by atoms with Crippen LogP contribution in [0.2, 0.25) is 0 Å². The Bertz CT molecular complexity index is 742. The third-order valence-corrected chi connectivity index (χ3v) is 5.07. The predicted molar refractivity (Wildman–Crippen MR) is 87.2 cm³/mol. The summed E-state index contributed by atoms with van der Waals surface area (Å²) in [6, 6.07) is 7.73. The second kappa shape index (κ2) is 5.54. The number of hydrogen-bond donors (Lipinski definition) is 1. The van der Waals surface area contributed by atoms with Crippen LogP contribution in [0.25, 0.3) is 0 Å². The third-order valence-electron chi connectivity index (χ3n) is 5.07. The lowest BCUT2D eigenvalue weighted by Crippen LogP contribution is -2.52. The summed E-state index contributed by atoms with van der Waals surface area (Å²) >= 11 is 0. The van der Waals surface area contributed by atoms with Crippen LogP contribution < -0.4 is 5.32 Å². The summed E-state index contributed by atoms with van der Waals surface area (Å²) in [5, 5.41) is 2.96. The number of allylic oxidation sites excluding steroid dienone is 1. The van der Waals surface area contributed by atoms with E-state index >= 15 is 0 Å². The van der Waals surface area contributed by atoms with Crippen LogP contribution in [0.5, 0.6) is 0 Å². The Morgan fingerprint density at radius 1 is 1.25 bits per heavy atom. The predicted octanol–water partition coefficient (Wildman–Crippen LogP) is 1.78. The van der Waals surface area contributed by atoms with Crippen molar-refractivity contribution >= 4 is 17.5 Å². The molecule has 3 aliphatic rings. The molecular formula is C18H20N2O4. The van der Waals surface area contributed by atoms with E-state index in [4.69, 9.17) is 9.47 Å². The standard InChI is InChI=1S/C18H20N2O4/c1-12-15(24-10-9-23-12)16(21)20-8-4-7-18(11-20)13-5-2-3-6-14(13)19-17(18)22/h2-3,5-6H,4,7-11H2,1H3,(H,19,22). The lowest BCUT2D eigenvalue weighted by atomic mass is 9.75. The number of hydrogen-bond acceptors (Lipinski definition) is 4. The Kier molecular flexibility index (Phi) is 3.48. The molecule has 3 aliphatic heterocycles. The molecule has 1 fully saturated rings. The maximum Gasteiger partial charge on any atom is 0.292 e. The summed E-state index contributed by atoms with van der Waals surface area (Å²) in [5.74, 6) is 0.573. The van der Waals surface area contributed by atoms with E-state index in [1.165, 1.54) is 0 Å². The molecule has 126 valence electrons. The minimum atomic E-state index is -0.658. The molecule has 0 aromatic heterocycles. The van der Waals surface area contributed by atoms with Crippen LogP contribution >= 0.6 is 0 Å². The average molecular weight is 328 g/mol. The van der Waals surface area contributed by atoms with Gasteiger partial charge in [-0.1, -0.05) is 18.2 Å². The number of carbonyl (C=O) groups is 2. The summed E-state index contributed by atoms with van der Waals surface area (Å²) in [5.41, 5.74) is 1.18. The summed E-state index contributed by atoms with van der Waals surface area (Å²) in [6.07, 6.45) is 1.52. The van der Waals surface area contributed by atoms with Crippen molar-refractivity contribution in [3.8, 4) is 0 Å². The number of para-hydroxylation sites is 1. The van der Waals surface area contributed by atoms with Gasteiger partial charge in [0.1, 0.15) is 19.0 Å². The molecule has 6 heteroatoms. The van der Waals surface area contributed by atoms with Crippen molar-refractivity contribution < 1.29 is 19.1 Å². The van der Waals surface area contributed by atoms with Crippen LogP contribution in [0.1, 0.15) is 25.3 Å². The first kappa shape index (κ1) is 15.1. The van der Waals surface area contributed by atoms with Crippen molar-refractivity contribution in [1.82, 2.24) is 4.90 Å². The van der Waals surface area contributed by atoms with Crippen LogP contribution in [0.3, 0.4) is 0 Å². The Morgan fingerprint density at radius 2 is 2.04 bits per heavy atom. The molecule has 1 aromatic rings. The second-order valence-electron chi connectivity index (χ2n) is 6.49. The zero-order chi connectivity index (χ0) is 16.7. The zero-order valence-electron chi connectivity index (χ0n) is 13.6. The number of amides is 2. The number of likely N-dealkylation sites (tertiary alicyclic amines) is 1. The normalized spacial score (nSPS) is 25.9. The molecular weight excluding hydrogens is 308 g/mol. The van der Waals surface area contributed by atoms with E-state index in [0.29, 0.717) is 32.1 Å². The second-order valence-corrected chi connectivity index (χ2v) is 6.49. The monoisotopic (exact) mass is 328 g/mol. The maximum atomic E-state index is 12.9. The molecule has 1 spiro atoms. The Balaban J connectivity index is 1.65. The average Bonchev–Trinajstić information content (AvgIpc) is 2.87. The number of fused-ring (bicyclic) bond motifs is 2. The minimum Gasteiger partial charge on any atom is -0.491 e. The van der Waals surface area contributed by atoms with Crippen LogP contribution in [0, 0.1) is 0 Å². The van der Waals surface area contributed by atoms with E-state index in [2.05, 4.69) is 5.32 Å². The third kappa shape index (κ3) is 2.17. The molecule has 1 aromatic carbocycles. The number of anilines is 1. The fourth-order valence-electron chi connectivity index (χ4n) is 3.87. The van der Waals surface area contributed by atoms with E-state index in [-0.39, 0.29) is 17.6 Å². The van der Waals surface area contributed by atoms with Gasteiger partial charge in [0.15, 0.2) is 0 Å². The van der Waals surface area contributed by atoms with Crippen molar-refractivity contribution in [2.45, 2.75) is 25.2 Å². The molecule has 0 radical (unpaired) electrons. The molecule has 0 aliphatic carbocycles. The van der Waals surface area contributed by atoms with E-state index in [0.717, 1.165) is 24.1 Å². The van der Waals surface area contributed by atoms with Crippen molar-refractivity contribution in [2.75, 3.05) is 31.6 Å². The Morgan fingerprint density at radius 3 is 2.88 bits per heavy atom. The van der Waals surface area contributed by atoms with Gasteiger partial charge in [0.2, 0.25) is 11.7 Å². The van der Waals surface area contributed by atoms with E-state index in [9.17, 15) is 9.59 Å². The van der Waals surface area contributed by atoms with Gasteiger partial charge in [0.05, 0.1) is 5.41 Å². The van der Waals surface area contributed by atoms with Gasteiger partial charge >= 0.3 is 0 Å². The highest BCUT2D eigenvalue weighted by atomic mass is 16.6. The van der Waals surface area contributed by atoms with Gasteiger partial charge in [-0.05, 0) is 31.4 Å². The first-order valence-electron chi connectivity index (χ1n) is 8.28. The van der Waals surface area contributed by atoms with Gasteiger partial charge in [-0.15, -0.1) is 0 Å². The maximum absolute atomic E-state index is 12.9. The molecule has 4 rings (SSSR count). The van der Waals surface area contributed by atoms with Gasteiger partial charge in [-0.3, -0.25) is 9.59 Å². The molecule has 0 bridgehead atoms. The zero-order valence-corrected chi connectivity index (χ0v) is 13.6. The van der Waals surface area contributed by atoms with E-state index in [1.54, 1.807) is 11.8 Å². The summed E-state index contributed by atoms with van der Waals surface area (Å²) < 4.78 is 10.9. The largest absolute Gasteiger partial charge is 0.491 e. The number of carbonyl (C=O) groups excluding carboxylic acids is 2. The number of nitrogens with zero attached hydrogens (tertiary/aromatic N) is 1. The highest BCUT2D eigenvalue weighted by Crippen LogP contribution is 2.43. The Hall–Kier alpha value is -2.50. The van der Waals surface area contributed by atoms with Crippen LogP contribution in [-0.4, -0.2) is 43.0 Å². The van der Waals surface area contributed by atoms with Crippen molar-refractivity contribution in [2.24, 2.45) is 0 Å². The lowest BCUT2D eigenvalue weighted by Gasteiger charge is -2.39. The van der Waals surface area contributed by atoms with Crippen molar-refractivity contribution in [3.63, 3.8) is 0 Å². The lowest BCUT2D eigenvalue weighted by molar-refractivity contribution is -0.136. The van der Waals surface area contributed by atoms with Crippen molar-refractivity contribution in [1.29, 1.82) is 0 Å². The summed E-state index contributed by atoms with van der Waals surface area (Å²) in [6.45, 7) is 3.57. The summed E-state index contributed by atoms with van der Waals surface area (Å²) in [7, 11) is 0. The highest BCUT2D eigenvalue weighted by Gasteiger charge is 2.50. The van der Waals surface area contributed by atoms with Gasteiger partial charge in [0.25, 0.3) is 5.91 Å². The van der Waals surface area contributed by atoms with Crippen LogP contribution in [0.4, 0.5) is 5.69 Å². The van der Waals surface area contributed by atoms with Crippen LogP contribution in [0.15, 0.2) is 35.8 Å². The molecule has 1 atom stereocenters.